The van der Waals surface area contributed by atoms with Crippen LogP contribution in [0, 0.1) is 18.3 Å². The van der Waals surface area contributed by atoms with Gasteiger partial charge in [-0.2, -0.15) is 18.4 Å². The van der Waals surface area contributed by atoms with E-state index in [1.165, 1.54) is 23.0 Å². The molecular weight excluding hydrogens is 698 g/mol. The standard InChI is InChI=1S/C41H45F3N6O2S/c1-6-37(51)47-30-10-8-9-28(17-30)40(52)20-32(21-40)50-31(23-45)18-34-26(5)27(11-12-36(34)50)24-49-15-13-29(14-16-49)48-39(46-7-2)35-19-33(22-41(42,43)44)53-38(35)25(3)4/h6-12,17-19,29,32,48,52H,1,13-16,20-22,24H2,2-5H3,(H,47,51)/b39-35+,46-7-. The highest BCUT2D eigenvalue weighted by molar-refractivity contribution is 7.09. The van der Waals surface area contributed by atoms with Crippen LogP contribution in [0.1, 0.15) is 79.8 Å². The molecule has 1 aliphatic heterocycles. The van der Waals surface area contributed by atoms with Gasteiger partial charge in [-0.3, -0.25) is 9.69 Å². The summed E-state index contributed by atoms with van der Waals surface area (Å²) in [6.45, 7) is 13.7. The molecule has 2 aromatic carbocycles. The molecule has 4 aromatic rings. The molecule has 0 spiro atoms. The number of nitriles is 1. The molecule has 278 valence electrons. The zero-order valence-electron chi connectivity index (χ0n) is 30.5. The molecule has 1 saturated carbocycles. The van der Waals surface area contributed by atoms with Gasteiger partial charge >= 0.3 is 6.18 Å². The minimum atomic E-state index is -4.27. The van der Waals surface area contributed by atoms with Gasteiger partial charge in [0.25, 0.3) is 0 Å². The largest absolute Gasteiger partial charge is 0.393 e. The third-order valence-electron chi connectivity index (χ3n) is 10.3. The molecule has 1 aliphatic carbocycles. The number of carbonyl (C=O) groups excluding carboxylic acids is 1. The van der Waals surface area contributed by atoms with Crippen LogP contribution in [0.5, 0.6) is 0 Å². The van der Waals surface area contributed by atoms with Crippen LogP contribution in [0.2, 0.25) is 0 Å². The van der Waals surface area contributed by atoms with Crippen molar-refractivity contribution in [2.75, 3.05) is 18.4 Å². The molecular formula is C41H45F3N6O2S. The maximum absolute atomic E-state index is 13.2. The zero-order chi connectivity index (χ0) is 38.1. The van der Waals surface area contributed by atoms with Crippen LogP contribution >= 0.6 is 11.3 Å². The van der Waals surface area contributed by atoms with E-state index in [2.05, 4.69) is 56.8 Å². The van der Waals surface area contributed by atoms with E-state index in [0.717, 1.165) is 69.8 Å². The summed E-state index contributed by atoms with van der Waals surface area (Å²) in [4.78, 5) is 19.1. The number of aliphatic hydroxyl groups is 1. The van der Waals surface area contributed by atoms with Crippen LogP contribution in [0.15, 0.2) is 66.2 Å². The fraction of sp³-hybridized carbons (Fsp3) is 0.390. The number of fused-ring (bicyclic) bond motifs is 1. The molecule has 6 rings (SSSR count). The molecule has 1 saturated heterocycles. The van der Waals surface area contributed by atoms with Crippen LogP contribution in [0.25, 0.3) is 22.3 Å². The van der Waals surface area contributed by atoms with Crippen LogP contribution in [-0.4, -0.2) is 52.0 Å². The fourth-order valence-corrected chi connectivity index (χ4v) is 8.76. The predicted molar refractivity (Wildman–Crippen MR) is 206 cm³/mol. The molecule has 12 heteroatoms. The first-order valence-corrected chi connectivity index (χ1v) is 18.7. The van der Waals surface area contributed by atoms with Gasteiger partial charge in [0.2, 0.25) is 5.91 Å². The number of alkyl halides is 3. The van der Waals surface area contributed by atoms with E-state index in [0.29, 0.717) is 30.0 Å². The summed E-state index contributed by atoms with van der Waals surface area (Å²) in [7, 11) is 0. The van der Waals surface area contributed by atoms with Crippen LogP contribution < -0.4 is 20.4 Å². The minimum absolute atomic E-state index is 0.0605. The van der Waals surface area contributed by atoms with Crippen molar-refractivity contribution in [1.82, 2.24) is 14.8 Å². The summed E-state index contributed by atoms with van der Waals surface area (Å²) < 4.78 is 42.5. The summed E-state index contributed by atoms with van der Waals surface area (Å²) in [6.07, 6.45) is 0.249. The van der Waals surface area contributed by atoms with Gasteiger partial charge in [-0.25, -0.2) is 4.99 Å². The smallest absolute Gasteiger partial charge is 0.385 e. The summed E-state index contributed by atoms with van der Waals surface area (Å²) in [5.41, 5.74) is 5.02. The zero-order valence-corrected chi connectivity index (χ0v) is 31.3. The summed E-state index contributed by atoms with van der Waals surface area (Å²) in [5.74, 6) is 0.293. The lowest BCUT2D eigenvalue weighted by Gasteiger charge is -2.45. The van der Waals surface area contributed by atoms with Crippen LogP contribution in [-0.2, 0) is 23.4 Å². The number of amides is 1. The lowest BCUT2D eigenvalue weighted by atomic mass is 9.71. The minimum Gasteiger partial charge on any atom is -0.385 e. The first kappa shape index (κ1) is 38.0. The van der Waals surface area contributed by atoms with E-state index < -0.39 is 18.2 Å². The van der Waals surface area contributed by atoms with E-state index in [-0.39, 0.29) is 22.9 Å². The molecule has 0 unspecified atom stereocenters. The number of likely N-dealkylation sites (tertiary alicyclic amines) is 1. The molecule has 2 aromatic heterocycles. The average molecular weight is 743 g/mol. The number of aryl methyl sites for hydroxylation is 1. The lowest BCUT2D eigenvalue weighted by molar-refractivity contribution is -0.126. The molecule has 53 heavy (non-hydrogen) atoms. The number of anilines is 1. The Morgan fingerprint density at radius 3 is 2.55 bits per heavy atom. The third kappa shape index (κ3) is 8.28. The lowest BCUT2D eigenvalue weighted by Crippen LogP contribution is -2.43. The Bertz CT molecular complexity index is 2230. The van der Waals surface area contributed by atoms with Gasteiger partial charge in [0, 0.05) is 82.0 Å². The third-order valence-corrected chi connectivity index (χ3v) is 11.7. The Morgan fingerprint density at radius 1 is 1.17 bits per heavy atom. The van der Waals surface area contributed by atoms with Crippen molar-refractivity contribution in [3.8, 4) is 6.07 Å². The number of carbonyl (C=O) groups is 1. The van der Waals surface area contributed by atoms with Gasteiger partial charge < -0.3 is 20.3 Å². The number of aliphatic imine (C=N–C) groups is 1. The van der Waals surface area contributed by atoms with E-state index in [1.54, 1.807) is 30.5 Å². The molecule has 2 aliphatic rings. The number of aromatic nitrogens is 1. The highest BCUT2D eigenvalue weighted by Gasteiger charge is 2.46. The van der Waals surface area contributed by atoms with Crippen molar-refractivity contribution in [2.24, 2.45) is 4.99 Å². The summed E-state index contributed by atoms with van der Waals surface area (Å²) >= 11 is 1.18. The first-order chi connectivity index (χ1) is 25.2. The maximum Gasteiger partial charge on any atom is 0.393 e. The van der Waals surface area contributed by atoms with Crippen LogP contribution in [0.3, 0.4) is 0 Å². The van der Waals surface area contributed by atoms with E-state index in [4.69, 9.17) is 0 Å². The summed E-state index contributed by atoms with van der Waals surface area (Å²) in [5, 5.41) is 29.7. The SMILES string of the molecule is C=CC(=O)Nc1cccc(C2(O)CC(n3c(C#N)cc4c(C)c(CN5CCC(NC(/N=C\C)=c6\cc(CC(F)(F)F)sc6=C(C)C)CC5)ccc43)C2)c1. The summed E-state index contributed by atoms with van der Waals surface area (Å²) in [6, 6.07) is 17.5. The van der Waals surface area contributed by atoms with Gasteiger partial charge in [-0.1, -0.05) is 30.4 Å². The number of hydrogen-bond acceptors (Lipinski definition) is 7. The Kier molecular flexibility index (Phi) is 11.0. The number of hydrogen-bond donors (Lipinski definition) is 3. The number of nitrogens with one attached hydrogen (secondary N) is 2. The van der Waals surface area contributed by atoms with Crippen molar-refractivity contribution < 1.29 is 23.1 Å². The van der Waals surface area contributed by atoms with Gasteiger partial charge in [0.15, 0.2) is 0 Å². The molecule has 3 heterocycles. The number of halogens is 3. The number of piperidine rings is 1. The van der Waals surface area contributed by atoms with Gasteiger partial charge in [0.1, 0.15) is 17.6 Å². The number of nitrogens with zero attached hydrogens (tertiary/aromatic N) is 4. The molecule has 0 atom stereocenters. The Balaban J connectivity index is 1.14. The number of benzene rings is 2. The molecule has 1 amide bonds. The molecule has 0 radical (unpaired) electrons. The van der Waals surface area contributed by atoms with Crippen molar-refractivity contribution in [3.05, 3.63) is 98.2 Å². The second kappa shape index (κ2) is 15.3. The monoisotopic (exact) mass is 742 g/mol. The quantitative estimate of drug-likeness (QED) is 0.121. The van der Waals surface area contributed by atoms with Gasteiger partial charge in [-0.05, 0) is 93.6 Å². The van der Waals surface area contributed by atoms with E-state index in [9.17, 15) is 28.3 Å². The predicted octanol–water partition coefficient (Wildman–Crippen LogP) is 6.94. The molecule has 3 N–H and O–H groups in total. The Labute approximate surface area is 311 Å². The second-order valence-electron chi connectivity index (χ2n) is 14.3. The maximum atomic E-state index is 13.2. The highest BCUT2D eigenvalue weighted by Crippen LogP contribution is 2.50. The van der Waals surface area contributed by atoms with Crippen LogP contribution in [0.4, 0.5) is 18.9 Å². The fourth-order valence-electron chi connectivity index (χ4n) is 7.61. The van der Waals surface area contributed by atoms with Crippen molar-refractivity contribution in [3.63, 3.8) is 0 Å². The van der Waals surface area contributed by atoms with Gasteiger partial charge in [0.05, 0.1) is 12.0 Å². The van der Waals surface area contributed by atoms with Crippen molar-refractivity contribution >= 4 is 51.4 Å². The van der Waals surface area contributed by atoms with Crippen molar-refractivity contribution in [2.45, 2.75) is 90.2 Å². The first-order valence-electron chi connectivity index (χ1n) is 17.9. The normalized spacial score (nSPS) is 20.2. The number of rotatable bonds is 10. The topological polar surface area (TPSA) is 106 Å². The van der Waals surface area contributed by atoms with Crippen molar-refractivity contribution in [1.29, 1.82) is 5.26 Å². The number of thiophene rings is 1. The average Bonchev–Trinajstić information content (AvgIpc) is 3.70. The molecule has 8 nitrogen and oxygen atoms in total. The second-order valence-corrected chi connectivity index (χ2v) is 15.5. The highest BCUT2D eigenvalue weighted by atomic mass is 32.1. The Hall–Kier alpha value is -4.70. The molecule has 0 bridgehead atoms. The van der Waals surface area contributed by atoms with E-state index >= 15 is 0 Å². The molecule has 2 fully saturated rings. The van der Waals surface area contributed by atoms with E-state index in [1.807, 2.05) is 32.9 Å². The Morgan fingerprint density at radius 2 is 1.91 bits per heavy atom. The van der Waals surface area contributed by atoms with Gasteiger partial charge in [-0.15, -0.1) is 11.3 Å².